The second kappa shape index (κ2) is 33.9. The van der Waals surface area contributed by atoms with E-state index in [1.54, 1.807) is 171 Å². The predicted molar refractivity (Wildman–Crippen MR) is 438 cm³/mol. The van der Waals surface area contributed by atoms with Gasteiger partial charge in [0.05, 0.1) is 84.5 Å². The fraction of sp³-hybridized carbons (Fsp3) is 0.0952. The molecular formula is C84H67Cl2N19O10. The summed E-state index contributed by atoms with van der Waals surface area (Å²) in [4.78, 5) is 90.1. The Kier molecular flexibility index (Phi) is 22.9. The van der Waals surface area contributed by atoms with Crippen molar-refractivity contribution in [1.29, 1.82) is 0 Å². The van der Waals surface area contributed by atoms with Crippen LogP contribution in [0.2, 0.25) is 10.0 Å². The van der Waals surface area contributed by atoms with Gasteiger partial charge in [0.1, 0.15) is 50.7 Å². The Bertz CT molecular complexity index is 6870. The molecule has 0 spiro atoms. The summed E-state index contributed by atoms with van der Waals surface area (Å²) in [5.41, 5.74) is 30.3. The topological polar surface area (TPSA) is 416 Å². The highest BCUT2D eigenvalue weighted by Gasteiger charge is 2.30. The SMILES string of the molecule is C#Cc1cnn(C)c1.CC(N)c1oc2cccc(Cl)c2c(=O)c1-c1ccccc1.CC(NC(=O)c1c(N)nn2cccnc12)c1oc2cccc(C#Cc3cnn(C)c3)c2c(=O)c1-c1ccccc1.CC(NC(=O)c1c(N)nn2cccnc12)c1oc2cccc(Cl)c2c(=O)c1-c1ccccc1.Nc1nn2cccnc2c1C(=O)O. The van der Waals surface area contributed by atoms with Crippen molar-refractivity contribution in [3.05, 3.63) is 317 Å². The quantitative estimate of drug-likeness (QED) is 0.0591. The highest BCUT2D eigenvalue weighted by atomic mass is 35.5. The number of halogens is 2. The highest BCUT2D eigenvalue weighted by Crippen LogP contribution is 2.35. The van der Waals surface area contributed by atoms with Crippen molar-refractivity contribution in [1.82, 2.24) is 74.0 Å². The molecule has 31 heteroatoms. The number of aromatic carboxylic acids is 1. The summed E-state index contributed by atoms with van der Waals surface area (Å²) < 4.78 is 25.9. The molecule has 11 heterocycles. The first kappa shape index (κ1) is 77.8. The third kappa shape index (κ3) is 16.5. The van der Waals surface area contributed by atoms with E-state index in [0.717, 1.165) is 16.7 Å². The van der Waals surface area contributed by atoms with E-state index in [2.05, 4.69) is 68.8 Å². The Balaban J connectivity index is 0.000000137. The van der Waals surface area contributed by atoms with Crippen LogP contribution in [0.25, 0.3) is 83.2 Å². The molecule has 0 radical (unpaired) electrons. The summed E-state index contributed by atoms with van der Waals surface area (Å²) in [5.74, 6) is 7.68. The largest absolute Gasteiger partial charge is 0.477 e. The number of carbonyl (C=O) groups is 3. The lowest BCUT2D eigenvalue weighted by Crippen LogP contribution is -2.29. The highest BCUT2D eigenvalue weighted by molar-refractivity contribution is 6.35. The molecule has 17 aromatic rings. The first-order valence-electron chi connectivity index (χ1n) is 35.1. The van der Waals surface area contributed by atoms with Crippen molar-refractivity contribution in [2.75, 3.05) is 17.2 Å². The maximum atomic E-state index is 14.1. The molecule has 6 aromatic carbocycles. The molecule has 572 valence electrons. The van der Waals surface area contributed by atoms with Crippen molar-refractivity contribution >= 4 is 108 Å². The van der Waals surface area contributed by atoms with Crippen LogP contribution in [0.4, 0.5) is 17.5 Å². The fourth-order valence-electron chi connectivity index (χ4n) is 12.5. The van der Waals surface area contributed by atoms with E-state index in [9.17, 15) is 28.8 Å². The summed E-state index contributed by atoms with van der Waals surface area (Å²) >= 11 is 12.5. The van der Waals surface area contributed by atoms with Crippen molar-refractivity contribution in [3.8, 4) is 57.6 Å². The number of hydrogen-bond donors (Lipinski definition) is 7. The Hall–Kier alpha value is -15.3. The minimum Gasteiger partial charge on any atom is -0.477 e. The first-order valence-corrected chi connectivity index (χ1v) is 35.8. The Labute approximate surface area is 662 Å². The van der Waals surface area contributed by atoms with E-state index in [1.165, 1.54) is 19.7 Å². The molecule has 115 heavy (non-hydrogen) atoms. The lowest BCUT2D eigenvalue weighted by molar-refractivity contribution is 0.0699. The Morgan fingerprint density at radius 3 is 1.23 bits per heavy atom. The normalized spacial score (nSPS) is 11.6. The van der Waals surface area contributed by atoms with Crippen LogP contribution in [0, 0.1) is 24.2 Å². The lowest BCUT2D eigenvalue weighted by Gasteiger charge is -2.18. The molecule has 29 nitrogen and oxygen atoms in total. The number of rotatable bonds is 11. The summed E-state index contributed by atoms with van der Waals surface area (Å²) in [6.45, 7) is 5.27. The van der Waals surface area contributed by atoms with E-state index in [0.29, 0.717) is 99.5 Å². The number of fused-ring (bicyclic) bond motifs is 6. The van der Waals surface area contributed by atoms with Crippen LogP contribution >= 0.6 is 23.2 Å². The zero-order valence-electron chi connectivity index (χ0n) is 61.7. The maximum absolute atomic E-state index is 14.1. The van der Waals surface area contributed by atoms with Crippen LogP contribution in [0.5, 0.6) is 0 Å². The number of benzene rings is 6. The van der Waals surface area contributed by atoms with Gasteiger partial charge in [0.2, 0.25) is 16.3 Å². The van der Waals surface area contributed by atoms with E-state index in [4.69, 9.17) is 70.9 Å². The monoisotopic (exact) mass is 1570 g/mol. The van der Waals surface area contributed by atoms with E-state index < -0.39 is 35.9 Å². The molecule has 3 atom stereocenters. The van der Waals surface area contributed by atoms with Gasteiger partial charge in [-0.2, -0.15) is 10.2 Å². The number of aryl methyl sites for hydroxylation is 2. The third-order valence-corrected chi connectivity index (χ3v) is 18.3. The van der Waals surface area contributed by atoms with Crippen molar-refractivity contribution in [3.63, 3.8) is 0 Å². The number of aromatic nitrogens is 13. The van der Waals surface area contributed by atoms with Gasteiger partial charge in [0.25, 0.3) is 11.8 Å². The van der Waals surface area contributed by atoms with Crippen LogP contribution in [-0.2, 0) is 14.1 Å². The molecule has 0 bridgehead atoms. The second-order valence-electron chi connectivity index (χ2n) is 25.6. The van der Waals surface area contributed by atoms with Gasteiger partial charge in [-0.25, -0.2) is 33.3 Å². The number of nitrogens with two attached hydrogens (primary N) is 4. The number of carbonyl (C=O) groups excluding carboxylic acids is 2. The lowest BCUT2D eigenvalue weighted by atomic mass is 9.97. The van der Waals surface area contributed by atoms with Crippen LogP contribution in [0.3, 0.4) is 0 Å². The number of carboxylic acid groups (broad SMARTS) is 1. The van der Waals surface area contributed by atoms with Crippen molar-refractivity contribution in [2.45, 2.75) is 38.9 Å². The summed E-state index contributed by atoms with van der Waals surface area (Å²) in [6, 6.07) is 46.3. The average Bonchev–Trinajstić information content (AvgIpc) is 1.77. The van der Waals surface area contributed by atoms with E-state index >= 15 is 0 Å². The first-order chi connectivity index (χ1) is 55.5. The number of amides is 2. The van der Waals surface area contributed by atoms with Gasteiger partial charge in [-0.1, -0.05) is 150 Å². The molecule has 17 rings (SSSR count). The number of terminal acetylenes is 1. The average molecular weight is 1570 g/mol. The van der Waals surface area contributed by atoms with Gasteiger partial charge in [-0.3, -0.25) is 33.3 Å². The summed E-state index contributed by atoms with van der Waals surface area (Å²) in [6.07, 6.45) is 21.5. The maximum Gasteiger partial charge on any atom is 0.343 e. The standard InChI is InChI=1S/C30H23N7O3.C24H18ClN5O3.C17H14ClNO2.C7H6N4O2.C6H6N2/c1-18(34-30(39)25-28(31)35-37-15-7-14-32-29(25)37)27-24(20-8-4-3-5-9-20)26(38)23-21(10-6-11-22(23)40-27)13-12-19-16-33-36(2)17-19;1-13(28-24(32)19-22(26)29-30-12-6-11-27-23(19)30)21-17(14-7-3-2-4-8-14)20(31)18-15(25)9-5-10-16(18)33-21;1-10(19)17-14(11-6-3-2-4-7-11)16(20)15-12(18)8-5-9-13(15)21-17;8-5-4(7(12)13)6-9-2-1-3-11(6)10-5;1-3-6-4-7-8(2)5-6/h3-11,14-18H,1-2H3,(H2,31,35)(H,34,39);2-13H,1H3,(H2,26,29)(H,28,32);2-10H,19H2,1H3;1-3H,(H2,8,10)(H,12,13);1,4-5H,2H3. The van der Waals surface area contributed by atoms with E-state index in [-0.39, 0.29) is 61.5 Å². The number of anilines is 3. The molecule has 0 aliphatic rings. The van der Waals surface area contributed by atoms with Gasteiger partial charge in [0, 0.05) is 69.2 Å². The predicted octanol–water partition coefficient (Wildman–Crippen LogP) is 12.5. The van der Waals surface area contributed by atoms with Gasteiger partial charge in [-0.05, 0) is 92.1 Å². The molecule has 0 fully saturated rings. The summed E-state index contributed by atoms with van der Waals surface area (Å²) in [5, 5.41) is 36.4. The minimum absolute atomic E-state index is 0.0220. The Morgan fingerprint density at radius 2 is 0.843 bits per heavy atom. The van der Waals surface area contributed by atoms with Crippen LogP contribution in [0.1, 0.15) is 104 Å². The molecule has 11 aromatic heterocycles. The van der Waals surface area contributed by atoms with Crippen LogP contribution < -0.4 is 49.9 Å². The van der Waals surface area contributed by atoms with E-state index in [1.807, 2.05) is 93.0 Å². The number of carboxylic acids is 1. The van der Waals surface area contributed by atoms with Crippen molar-refractivity contribution < 1.29 is 32.7 Å². The van der Waals surface area contributed by atoms with Crippen LogP contribution in [-0.4, -0.2) is 86.2 Å². The number of nitrogens with one attached hydrogen (secondary N) is 2. The van der Waals surface area contributed by atoms with Gasteiger partial charge in [0.15, 0.2) is 34.4 Å². The zero-order chi connectivity index (χ0) is 81.3. The molecule has 11 N–H and O–H groups in total. The smallest absolute Gasteiger partial charge is 0.343 e. The van der Waals surface area contributed by atoms with Gasteiger partial charge >= 0.3 is 5.97 Å². The molecule has 0 aliphatic heterocycles. The fourth-order valence-corrected chi connectivity index (χ4v) is 13.0. The minimum atomic E-state index is -1.12. The molecule has 3 unspecified atom stereocenters. The summed E-state index contributed by atoms with van der Waals surface area (Å²) in [7, 11) is 3.65. The number of hydrogen-bond acceptors (Lipinski definition) is 21. The second-order valence-corrected chi connectivity index (χ2v) is 26.5. The molecule has 0 saturated heterocycles. The van der Waals surface area contributed by atoms with Crippen LogP contribution in [0.15, 0.2) is 253 Å². The third-order valence-electron chi connectivity index (χ3n) is 17.7. The van der Waals surface area contributed by atoms with Crippen molar-refractivity contribution in [2.24, 2.45) is 19.8 Å². The zero-order valence-corrected chi connectivity index (χ0v) is 63.2. The molecule has 0 aliphatic carbocycles. The number of nitrogens with zero attached hydrogens (tertiary/aromatic N) is 13. The molecule has 2 amide bonds. The Morgan fingerprint density at radius 1 is 0.478 bits per heavy atom. The van der Waals surface area contributed by atoms with Gasteiger partial charge in [-0.15, -0.1) is 21.7 Å². The number of nitrogen functional groups attached to an aromatic ring is 3. The molecule has 0 saturated carbocycles. The molecular weight excluding hydrogens is 1510 g/mol. The van der Waals surface area contributed by atoms with Gasteiger partial charge < -0.3 is 51.9 Å².